The van der Waals surface area contributed by atoms with Crippen LogP contribution in [-0.2, 0) is 4.79 Å². The monoisotopic (exact) mass is 276 g/mol. The van der Waals surface area contributed by atoms with Crippen molar-refractivity contribution < 1.29 is 14.6 Å². The first-order chi connectivity index (χ1) is 9.72. The van der Waals surface area contributed by atoms with E-state index in [1.165, 1.54) is 0 Å². The molecule has 3 nitrogen and oxygen atoms in total. The standard InChI is InChI=1S/C17H24O3/c1-2-3-4-6-9-15(18)12-13-16(19)14-20-17-10-7-5-8-11-17/h2,5,7-8,10-11,16,19H,1,3-4,6,9,12-14H2. The van der Waals surface area contributed by atoms with Crippen molar-refractivity contribution in [2.45, 2.75) is 44.6 Å². The SMILES string of the molecule is C=CCCCCC(=O)CCC(O)COc1ccccc1. The summed E-state index contributed by atoms with van der Waals surface area (Å²) in [7, 11) is 0. The lowest BCUT2D eigenvalue weighted by molar-refractivity contribution is -0.119. The number of hydrogen-bond donors (Lipinski definition) is 1. The lowest BCUT2D eigenvalue weighted by Crippen LogP contribution is -2.18. The van der Waals surface area contributed by atoms with E-state index < -0.39 is 6.10 Å². The molecule has 110 valence electrons. The van der Waals surface area contributed by atoms with Crippen molar-refractivity contribution in [3.8, 4) is 5.75 Å². The van der Waals surface area contributed by atoms with Crippen LogP contribution >= 0.6 is 0 Å². The number of aliphatic hydroxyl groups excluding tert-OH is 1. The minimum Gasteiger partial charge on any atom is -0.491 e. The number of ketones is 1. The highest BCUT2D eigenvalue weighted by molar-refractivity contribution is 5.78. The van der Waals surface area contributed by atoms with Crippen molar-refractivity contribution in [3.05, 3.63) is 43.0 Å². The van der Waals surface area contributed by atoms with Gasteiger partial charge in [-0.3, -0.25) is 4.79 Å². The largest absolute Gasteiger partial charge is 0.491 e. The average Bonchev–Trinajstić information content (AvgIpc) is 2.48. The van der Waals surface area contributed by atoms with Crippen LogP contribution in [0.1, 0.15) is 38.5 Å². The first-order valence-electron chi connectivity index (χ1n) is 7.21. The molecule has 0 aliphatic rings. The van der Waals surface area contributed by atoms with Gasteiger partial charge in [-0.2, -0.15) is 0 Å². The van der Waals surface area contributed by atoms with E-state index in [9.17, 15) is 9.90 Å². The van der Waals surface area contributed by atoms with Crippen molar-refractivity contribution in [2.24, 2.45) is 0 Å². The maximum absolute atomic E-state index is 11.6. The number of Topliss-reactive ketones (excluding diaryl/α,β-unsaturated/α-hetero) is 1. The van der Waals surface area contributed by atoms with Crippen molar-refractivity contribution in [3.63, 3.8) is 0 Å². The minimum atomic E-state index is -0.590. The van der Waals surface area contributed by atoms with Crippen LogP contribution in [0.25, 0.3) is 0 Å². The second-order valence-corrected chi connectivity index (χ2v) is 4.89. The number of para-hydroxylation sites is 1. The smallest absolute Gasteiger partial charge is 0.133 e. The van der Waals surface area contributed by atoms with Gasteiger partial charge in [0.2, 0.25) is 0 Å². The number of aliphatic hydroxyl groups is 1. The molecule has 1 unspecified atom stereocenters. The quantitative estimate of drug-likeness (QED) is 0.497. The van der Waals surface area contributed by atoms with Crippen molar-refractivity contribution >= 4 is 5.78 Å². The predicted octanol–water partition coefficient (Wildman–Crippen LogP) is 3.52. The summed E-state index contributed by atoms with van der Waals surface area (Å²) in [5.41, 5.74) is 0. The van der Waals surface area contributed by atoms with E-state index in [-0.39, 0.29) is 12.4 Å². The van der Waals surface area contributed by atoms with Crippen LogP contribution < -0.4 is 4.74 Å². The third-order valence-corrected chi connectivity index (χ3v) is 3.06. The Morgan fingerprint density at radius 1 is 1.25 bits per heavy atom. The van der Waals surface area contributed by atoms with Gasteiger partial charge in [0.25, 0.3) is 0 Å². The topological polar surface area (TPSA) is 46.5 Å². The number of rotatable bonds is 11. The molecule has 3 heteroatoms. The Morgan fingerprint density at radius 2 is 2.00 bits per heavy atom. The van der Waals surface area contributed by atoms with Gasteiger partial charge < -0.3 is 9.84 Å². The van der Waals surface area contributed by atoms with Gasteiger partial charge in [0, 0.05) is 12.8 Å². The molecule has 0 aliphatic heterocycles. The molecular weight excluding hydrogens is 252 g/mol. The van der Waals surface area contributed by atoms with Gasteiger partial charge in [-0.05, 0) is 37.8 Å². The van der Waals surface area contributed by atoms with Gasteiger partial charge in [-0.15, -0.1) is 6.58 Å². The predicted molar refractivity (Wildman–Crippen MR) is 80.8 cm³/mol. The zero-order valence-corrected chi connectivity index (χ0v) is 12.0. The first kappa shape index (κ1) is 16.4. The van der Waals surface area contributed by atoms with Crippen LogP contribution in [0.2, 0.25) is 0 Å². The molecule has 0 amide bonds. The number of benzene rings is 1. The summed E-state index contributed by atoms with van der Waals surface area (Å²) in [5, 5.41) is 9.78. The van der Waals surface area contributed by atoms with Gasteiger partial charge in [-0.1, -0.05) is 24.3 Å². The fraction of sp³-hybridized carbons (Fsp3) is 0.471. The zero-order chi connectivity index (χ0) is 14.6. The summed E-state index contributed by atoms with van der Waals surface area (Å²) in [4.78, 5) is 11.6. The number of carbonyl (C=O) groups is 1. The van der Waals surface area contributed by atoms with Crippen molar-refractivity contribution in [2.75, 3.05) is 6.61 Å². The minimum absolute atomic E-state index is 0.216. The molecule has 0 fully saturated rings. The van der Waals surface area contributed by atoms with Gasteiger partial charge in [0.15, 0.2) is 0 Å². The number of ether oxygens (including phenoxy) is 1. The Balaban J connectivity index is 2.08. The van der Waals surface area contributed by atoms with Crippen LogP contribution in [-0.4, -0.2) is 23.6 Å². The molecule has 0 heterocycles. The zero-order valence-electron chi connectivity index (χ0n) is 12.0. The Bertz CT molecular complexity index is 386. The summed E-state index contributed by atoms with van der Waals surface area (Å²) in [6, 6.07) is 9.37. The van der Waals surface area contributed by atoms with Crippen molar-refractivity contribution in [1.29, 1.82) is 0 Å². The summed E-state index contributed by atoms with van der Waals surface area (Å²) >= 11 is 0. The Hall–Kier alpha value is -1.61. The molecule has 1 atom stereocenters. The lowest BCUT2D eigenvalue weighted by Gasteiger charge is -2.11. The lowest BCUT2D eigenvalue weighted by atomic mass is 10.1. The highest BCUT2D eigenvalue weighted by Crippen LogP contribution is 2.10. The molecule has 1 N–H and O–H groups in total. The third kappa shape index (κ3) is 7.74. The first-order valence-corrected chi connectivity index (χ1v) is 7.21. The Labute approximate surface area is 121 Å². The maximum Gasteiger partial charge on any atom is 0.133 e. The number of unbranched alkanes of at least 4 members (excludes halogenated alkanes) is 2. The van der Waals surface area contributed by atoms with E-state index in [2.05, 4.69) is 6.58 Å². The average molecular weight is 276 g/mol. The molecule has 0 saturated heterocycles. The second kappa shape index (κ2) is 10.2. The molecule has 0 saturated carbocycles. The van der Waals surface area contributed by atoms with Crippen LogP contribution in [0.5, 0.6) is 5.75 Å². The summed E-state index contributed by atoms with van der Waals surface area (Å²) in [6.45, 7) is 3.88. The Morgan fingerprint density at radius 3 is 2.70 bits per heavy atom. The van der Waals surface area contributed by atoms with Crippen molar-refractivity contribution in [1.82, 2.24) is 0 Å². The van der Waals surface area contributed by atoms with Crippen LogP contribution in [0, 0.1) is 0 Å². The molecule has 0 radical (unpaired) electrons. The molecule has 20 heavy (non-hydrogen) atoms. The molecule has 1 rings (SSSR count). The van der Waals surface area contributed by atoms with E-state index in [0.29, 0.717) is 19.3 Å². The van der Waals surface area contributed by atoms with Gasteiger partial charge in [-0.25, -0.2) is 0 Å². The van der Waals surface area contributed by atoms with E-state index in [1.807, 2.05) is 36.4 Å². The van der Waals surface area contributed by atoms with Crippen LogP contribution in [0.15, 0.2) is 43.0 Å². The normalized spacial score (nSPS) is 11.8. The number of carbonyl (C=O) groups excluding carboxylic acids is 1. The van der Waals surface area contributed by atoms with Gasteiger partial charge in [0.1, 0.15) is 18.1 Å². The molecular formula is C17H24O3. The fourth-order valence-corrected chi connectivity index (χ4v) is 1.86. The molecule has 1 aromatic rings. The molecule has 0 aromatic heterocycles. The van der Waals surface area contributed by atoms with E-state index >= 15 is 0 Å². The summed E-state index contributed by atoms with van der Waals surface area (Å²) < 4.78 is 5.44. The summed E-state index contributed by atoms with van der Waals surface area (Å²) in [5.74, 6) is 0.954. The Kier molecular flexibility index (Phi) is 8.40. The second-order valence-electron chi connectivity index (χ2n) is 4.89. The van der Waals surface area contributed by atoms with Crippen LogP contribution in [0.3, 0.4) is 0 Å². The van der Waals surface area contributed by atoms with E-state index in [4.69, 9.17) is 4.74 Å². The van der Waals surface area contributed by atoms with E-state index in [0.717, 1.165) is 25.0 Å². The molecule has 0 bridgehead atoms. The number of allylic oxidation sites excluding steroid dienone is 1. The summed E-state index contributed by atoms with van der Waals surface area (Å²) in [6.07, 6.45) is 5.64. The fourth-order valence-electron chi connectivity index (χ4n) is 1.86. The van der Waals surface area contributed by atoms with Gasteiger partial charge >= 0.3 is 0 Å². The van der Waals surface area contributed by atoms with Crippen LogP contribution in [0.4, 0.5) is 0 Å². The highest BCUT2D eigenvalue weighted by atomic mass is 16.5. The highest BCUT2D eigenvalue weighted by Gasteiger charge is 2.09. The number of hydrogen-bond acceptors (Lipinski definition) is 3. The third-order valence-electron chi connectivity index (χ3n) is 3.06. The molecule has 1 aromatic carbocycles. The molecule has 0 aliphatic carbocycles. The molecule has 0 spiro atoms. The maximum atomic E-state index is 11.6. The van der Waals surface area contributed by atoms with E-state index in [1.54, 1.807) is 0 Å². The van der Waals surface area contributed by atoms with Gasteiger partial charge in [0.05, 0.1) is 6.10 Å².